The average molecular weight is 1300 g/mol. The van der Waals surface area contributed by atoms with Gasteiger partial charge in [0, 0.05) is 0 Å². The highest BCUT2D eigenvalue weighted by Crippen LogP contribution is 2.37. The summed E-state index contributed by atoms with van der Waals surface area (Å²) in [7, 11) is -0.0439. The predicted octanol–water partition coefficient (Wildman–Crippen LogP) is 16.9. The Hall–Kier alpha value is -10.7. The Labute approximate surface area is 544 Å². The van der Waals surface area contributed by atoms with Crippen molar-refractivity contribution in [1.29, 1.82) is 0 Å². The van der Waals surface area contributed by atoms with E-state index >= 15 is 0 Å². The van der Waals surface area contributed by atoms with E-state index in [0.717, 1.165) is 42.5 Å². The number of halogens is 5. The van der Waals surface area contributed by atoms with Crippen LogP contribution in [0, 0.1) is 18.6 Å². The van der Waals surface area contributed by atoms with Crippen LogP contribution >= 0.6 is 0 Å². The fourth-order valence-corrected chi connectivity index (χ4v) is 15.0. The third-order valence-electron chi connectivity index (χ3n) is 12.8. The number of alkyl halides is 3. The molecule has 0 aromatic heterocycles. The molecule has 0 amide bonds. The molecule has 0 heterocycles. The molecule has 0 aliphatic rings. The average Bonchev–Trinajstić information content (AvgIpc) is 1.12. The molecule has 0 spiro atoms. The smallest absolute Gasteiger partial charge is 0.417 e. The van der Waals surface area contributed by atoms with Gasteiger partial charge in [-0.15, -0.1) is 0 Å². The molecule has 8 nitrogen and oxygen atoms in total. The summed E-state index contributed by atoms with van der Waals surface area (Å²) in [5, 5.41) is 48.6. The van der Waals surface area contributed by atoms with Crippen LogP contribution in [0.25, 0.3) is 0 Å². The molecule has 0 aliphatic heterocycles. The van der Waals surface area contributed by atoms with Crippen molar-refractivity contribution in [2.45, 2.75) is 57.2 Å². The molecule has 0 saturated carbocycles. The van der Waals surface area contributed by atoms with Gasteiger partial charge in [0.05, 0.1) is 55.3 Å². The summed E-state index contributed by atoms with van der Waals surface area (Å²) in [6, 6.07) is 106. The van der Waals surface area contributed by atoms with Gasteiger partial charge in [0.25, 0.3) is 0 Å². The number of aryl methyl sites for hydroxylation is 1. The van der Waals surface area contributed by atoms with Crippen LogP contribution in [0.3, 0.4) is 0 Å². The Balaban J connectivity index is 0.000000161. The van der Waals surface area contributed by atoms with Crippen LogP contribution in [0.15, 0.2) is 372 Å². The Morgan fingerprint density at radius 1 is 0.344 bits per heavy atom. The third kappa shape index (κ3) is 21.2. The van der Waals surface area contributed by atoms with E-state index in [1.165, 1.54) is 57.0 Å². The molecule has 12 aromatic rings. The first-order valence-corrected chi connectivity index (χ1v) is 32.0. The summed E-state index contributed by atoms with van der Waals surface area (Å²) in [5.74, 6) is -8.08. The van der Waals surface area contributed by atoms with E-state index in [2.05, 4.69) is 273 Å². The lowest BCUT2D eigenvalue weighted by atomic mass is 10.0. The Kier molecular flexibility index (Phi) is 26.8. The third-order valence-corrected chi connectivity index (χ3v) is 19.5. The van der Waals surface area contributed by atoms with Gasteiger partial charge in [0.1, 0.15) is 11.6 Å². The standard InChI is InChI=1S/3C18H15S.C9H7F3O3.C7H5FO3.C7H5FO2/c3*1-4-10-16(11-5-1)19(17-12-6-2-7-13-17)18-14-8-3-9-15-18;1-4-2-5(9(10,11)12)7(8(14)15)6(13)3-4;8-4-2-1-3-5(9)6(4)7(10)11;8-6-3-1-5(2-4-6)7(9)10/h3*1-15H;2-3,13H,1H3,(H,14,15);1-3,9H,(H,10,11);1-4H,(H,9,10)/q3*+1;;;/p-3. The van der Waals surface area contributed by atoms with Crippen LogP contribution in [0.1, 0.15) is 42.2 Å². The van der Waals surface area contributed by atoms with E-state index < -0.39 is 63.9 Å². The van der Waals surface area contributed by atoms with Gasteiger partial charge >= 0.3 is 18.1 Å². The first-order valence-electron chi connectivity index (χ1n) is 28.4. The zero-order valence-corrected chi connectivity index (χ0v) is 52.1. The molecule has 468 valence electrons. The Morgan fingerprint density at radius 3 is 0.806 bits per heavy atom. The molecule has 93 heavy (non-hydrogen) atoms. The summed E-state index contributed by atoms with van der Waals surface area (Å²) in [4.78, 5) is 43.0. The van der Waals surface area contributed by atoms with Gasteiger partial charge in [-0.1, -0.05) is 211 Å². The Morgan fingerprint density at radius 2 is 0.602 bits per heavy atom. The van der Waals surface area contributed by atoms with Gasteiger partial charge < -0.3 is 30.3 Å². The second-order valence-corrected chi connectivity index (χ2v) is 25.5. The number of carboxylic acids is 3. The number of benzene rings is 12. The van der Waals surface area contributed by atoms with Crippen LogP contribution in [-0.2, 0) is 38.9 Å². The highest BCUT2D eigenvalue weighted by Gasteiger charge is 2.36. The molecule has 0 unspecified atom stereocenters. The molecule has 0 saturated heterocycles. The van der Waals surface area contributed by atoms with E-state index in [4.69, 9.17) is 10.2 Å². The molecule has 0 bridgehead atoms. The minimum absolute atomic E-state index is 0.0126. The van der Waals surface area contributed by atoms with Crippen molar-refractivity contribution in [1.82, 2.24) is 0 Å². The van der Waals surface area contributed by atoms with Crippen LogP contribution in [0.2, 0.25) is 0 Å². The fraction of sp³-hybridized carbons (Fsp3) is 0.0260. The summed E-state index contributed by atoms with van der Waals surface area (Å²) in [6.07, 6.45) is -4.83. The van der Waals surface area contributed by atoms with Crippen molar-refractivity contribution in [3.63, 3.8) is 0 Å². The van der Waals surface area contributed by atoms with Gasteiger partial charge in [-0.05, 0) is 146 Å². The van der Waals surface area contributed by atoms with Gasteiger partial charge in [0.15, 0.2) is 44.1 Å². The minimum atomic E-state index is -4.83. The zero-order valence-electron chi connectivity index (χ0n) is 49.6. The lowest BCUT2D eigenvalue weighted by molar-refractivity contribution is -0.270. The quantitative estimate of drug-likeness (QED) is 0.0903. The molecule has 2 N–H and O–H groups in total. The lowest BCUT2D eigenvalue weighted by Gasteiger charge is -2.17. The predicted molar refractivity (Wildman–Crippen MR) is 351 cm³/mol. The zero-order chi connectivity index (χ0) is 66.5. The van der Waals surface area contributed by atoms with Crippen molar-refractivity contribution >= 4 is 50.6 Å². The highest BCUT2D eigenvalue weighted by molar-refractivity contribution is 7.97. The molecule has 12 aromatic carbocycles. The lowest BCUT2D eigenvalue weighted by Crippen LogP contribution is -2.21. The number of carbonyl (C=O) groups excluding carboxylic acids is 1. The molecular formula is C77H59F5O8S3. The SMILES string of the molecule is Cc1cc([O-])c(C(=O)O)c(C(F)(F)F)c1.O=C(O)c1c([O-])cccc1F.O=C([O-])c1ccc(F)cc1.c1ccc([S+](c2ccccc2)c2ccccc2)cc1.c1ccc([S+](c2ccccc2)c2ccccc2)cc1.c1ccc([S+](c2ccccc2)c2ccccc2)cc1. The van der Waals surface area contributed by atoms with E-state index in [1.807, 2.05) is 0 Å². The maximum absolute atomic E-state index is 12.5. The van der Waals surface area contributed by atoms with E-state index in [9.17, 15) is 51.7 Å². The molecular weight excluding hydrogens is 1240 g/mol. The number of aromatic carboxylic acids is 3. The van der Waals surface area contributed by atoms with Crippen LogP contribution < -0.4 is 15.3 Å². The largest absolute Gasteiger partial charge is 0.872 e. The number of carboxylic acid groups (broad SMARTS) is 3. The second kappa shape index (κ2) is 35.7. The van der Waals surface area contributed by atoms with Crippen molar-refractivity contribution in [2.75, 3.05) is 0 Å². The van der Waals surface area contributed by atoms with Crippen molar-refractivity contribution < 1.29 is 61.9 Å². The second-order valence-electron chi connectivity index (χ2n) is 19.4. The van der Waals surface area contributed by atoms with Gasteiger partial charge in [-0.25, -0.2) is 18.4 Å². The fourth-order valence-electron chi connectivity index (χ4n) is 8.73. The van der Waals surface area contributed by atoms with Crippen molar-refractivity contribution in [3.8, 4) is 11.5 Å². The molecule has 0 fully saturated rings. The Bertz CT molecular complexity index is 3630. The highest BCUT2D eigenvalue weighted by atomic mass is 32.2. The monoisotopic (exact) mass is 1300 g/mol. The van der Waals surface area contributed by atoms with Crippen molar-refractivity contribution in [3.05, 3.63) is 367 Å². The number of hydrogen-bond donors (Lipinski definition) is 2. The molecule has 0 atom stereocenters. The maximum atomic E-state index is 12.5. The van der Waals surface area contributed by atoms with Gasteiger partial charge in [-0.3, -0.25) is 0 Å². The summed E-state index contributed by atoms with van der Waals surface area (Å²) >= 11 is 0. The molecule has 0 aliphatic carbocycles. The first-order chi connectivity index (χ1) is 44.9. The maximum Gasteiger partial charge on any atom is 0.417 e. The summed E-state index contributed by atoms with van der Waals surface area (Å²) in [5.41, 5.74) is -3.36. The minimum Gasteiger partial charge on any atom is -0.872 e. The van der Waals surface area contributed by atoms with Crippen LogP contribution in [0.4, 0.5) is 22.0 Å². The van der Waals surface area contributed by atoms with E-state index in [-0.39, 0.29) is 43.8 Å². The van der Waals surface area contributed by atoms with Crippen molar-refractivity contribution in [2.24, 2.45) is 0 Å². The van der Waals surface area contributed by atoms with Gasteiger partial charge in [-0.2, -0.15) is 13.2 Å². The normalized spacial score (nSPS) is 10.5. The number of hydrogen-bond acceptors (Lipinski definition) is 6. The number of carbonyl (C=O) groups is 3. The molecule has 16 heteroatoms. The molecule has 12 rings (SSSR count). The van der Waals surface area contributed by atoms with E-state index in [0.29, 0.717) is 6.07 Å². The first kappa shape index (κ1) is 69.8. The summed E-state index contributed by atoms with van der Waals surface area (Å²) in [6.45, 7) is 1.29. The molecule has 0 radical (unpaired) electrons. The number of rotatable bonds is 12. The van der Waals surface area contributed by atoms with E-state index in [1.54, 1.807) is 0 Å². The van der Waals surface area contributed by atoms with Gasteiger partial charge in [0.2, 0.25) is 0 Å². The van der Waals surface area contributed by atoms with Crippen LogP contribution in [-0.4, -0.2) is 28.1 Å². The topological polar surface area (TPSA) is 161 Å². The summed E-state index contributed by atoms with van der Waals surface area (Å²) < 4.78 is 61.8. The van der Waals surface area contributed by atoms with Crippen LogP contribution in [0.5, 0.6) is 11.5 Å².